The predicted molar refractivity (Wildman–Crippen MR) is 119 cm³/mol. The van der Waals surface area contributed by atoms with Gasteiger partial charge in [0.2, 0.25) is 5.91 Å². The molecule has 1 atom stereocenters. The van der Waals surface area contributed by atoms with Crippen molar-refractivity contribution < 1.29 is 23.7 Å². The highest BCUT2D eigenvalue weighted by atomic mass is 35.5. The number of hydrogen-bond acceptors (Lipinski definition) is 7. The van der Waals surface area contributed by atoms with E-state index in [4.69, 9.17) is 21.3 Å². The minimum Gasteiger partial charge on any atom is -0.467 e. The van der Waals surface area contributed by atoms with Crippen LogP contribution in [-0.2, 0) is 16.1 Å². The molecule has 1 unspecified atom stereocenters. The summed E-state index contributed by atoms with van der Waals surface area (Å²) >= 11 is 5.86. The van der Waals surface area contributed by atoms with Crippen molar-refractivity contribution in [1.29, 1.82) is 5.26 Å². The van der Waals surface area contributed by atoms with Crippen molar-refractivity contribution in [3.63, 3.8) is 0 Å². The van der Waals surface area contributed by atoms with E-state index in [0.717, 1.165) is 15.9 Å². The van der Waals surface area contributed by atoms with Crippen LogP contribution in [0.4, 0.5) is 11.4 Å². The Labute approximate surface area is 197 Å². The Hall–Kier alpha value is -4.49. The molecule has 2 aromatic carbocycles. The van der Waals surface area contributed by atoms with E-state index in [-0.39, 0.29) is 29.2 Å². The van der Waals surface area contributed by atoms with Gasteiger partial charge in [-0.15, -0.1) is 0 Å². The largest absolute Gasteiger partial charge is 0.467 e. The van der Waals surface area contributed by atoms with Gasteiger partial charge in [0, 0.05) is 11.6 Å². The summed E-state index contributed by atoms with van der Waals surface area (Å²) in [7, 11) is 0. The van der Waals surface area contributed by atoms with Crippen LogP contribution in [0.5, 0.6) is 0 Å². The van der Waals surface area contributed by atoms with Crippen molar-refractivity contribution >= 4 is 40.7 Å². The Bertz CT molecular complexity index is 1330. The van der Waals surface area contributed by atoms with Crippen LogP contribution in [0.1, 0.15) is 28.1 Å². The minimum absolute atomic E-state index is 0.0697. The molecule has 1 fully saturated rings. The van der Waals surface area contributed by atoms with Crippen LogP contribution in [0.25, 0.3) is 0 Å². The number of rotatable bonds is 6. The number of carbonyl (C=O) groups is 3. The summed E-state index contributed by atoms with van der Waals surface area (Å²) in [6, 6.07) is 13.4. The molecule has 170 valence electrons. The van der Waals surface area contributed by atoms with E-state index >= 15 is 0 Å². The molecule has 11 heteroatoms. The second-order valence-electron chi connectivity index (χ2n) is 7.38. The Morgan fingerprint density at radius 2 is 1.97 bits per heavy atom. The molecule has 34 heavy (non-hydrogen) atoms. The zero-order chi connectivity index (χ0) is 24.4. The number of halogens is 1. The predicted octanol–water partition coefficient (Wildman–Crippen LogP) is 3.69. The first-order valence-corrected chi connectivity index (χ1v) is 10.3. The van der Waals surface area contributed by atoms with E-state index in [2.05, 4.69) is 0 Å². The van der Waals surface area contributed by atoms with Gasteiger partial charge in [0.15, 0.2) is 0 Å². The van der Waals surface area contributed by atoms with Crippen molar-refractivity contribution in [1.82, 2.24) is 4.90 Å². The number of benzene rings is 2. The van der Waals surface area contributed by atoms with E-state index in [0.29, 0.717) is 11.3 Å². The normalized spacial score (nSPS) is 15.3. The van der Waals surface area contributed by atoms with Crippen LogP contribution in [0, 0.1) is 21.4 Å². The van der Waals surface area contributed by atoms with Gasteiger partial charge in [0.25, 0.3) is 17.5 Å². The van der Waals surface area contributed by atoms with Crippen LogP contribution in [0.2, 0.25) is 5.02 Å². The molecule has 1 saturated heterocycles. The zero-order valence-corrected chi connectivity index (χ0v) is 18.1. The quantitative estimate of drug-likeness (QED) is 0.299. The lowest BCUT2D eigenvalue weighted by Gasteiger charge is -2.27. The highest BCUT2D eigenvalue weighted by molar-refractivity contribution is 6.32. The highest BCUT2D eigenvalue weighted by Crippen LogP contribution is 2.30. The average molecular weight is 479 g/mol. The monoisotopic (exact) mass is 478 g/mol. The molecule has 0 radical (unpaired) electrons. The van der Waals surface area contributed by atoms with Crippen molar-refractivity contribution in [2.24, 2.45) is 0 Å². The Kier molecular flexibility index (Phi) is 6.12. The summed E-state index contributed by atoms with van der Waals surface area (Å²) in [6.07, 6.45) is 1.11. The van der Waals surface area contributed by atoms with E-state index in [1.54, 1.807) is 12.1 Å². The maximum absolute atomic E-state index is 13.4. The number of amides is 3. The van der Waals surface area contributed by atoms with Gasteiger partial charge in [0.05, 0.1) is 41.5 Å². The molecule has 1 aliphatic rings. The van der Waals surface area contributed by atoms with Gasteiger partial charge < -0.3 is 9.32 Å². The van der Waals surface area contributed by atoms with Gasteiger partial charge in [-0.2, -0.15) is 5.26 Å². The summed E-state index contributed by atoms with van der Waals surface area (Å²) in [4.78, 5) is 52.2. The third-order valence-corrected chi connectivity index (χ3v) is 5.63. The summed E-state index contributed by atoms with van der Waals surface area (Å²) in [5.41, 5.74) is 0.0978. The van der Waals surface area contributed by atoms with Gasteiger partial charge in [-0.1, -0.05) is 11.6 Å². The SMILES string of the molecule is N#Cc1ccc(N2C(=O)CC(N(Cc3ccco3)C(=O)c3ccc(Cl)c([N+](=O)[O-])c3)C2=O)cc1. The van der Waals surface area contributed by atoms with Gasteiger partial charge in [0.1, 0.15) is 16.8 Å². The van der Waals surface area contributed by atoms with Crippen LogP contribution in [0.15, 0.2) is 65.3 Å². The van der Waals surface area contributed by atoms with Crippen molar-refractivity contribution in [3.05, 3.63) is 92.9 Å². The molecule has 10 nitrogen and oxygen atoms in total. The molecule has 0 spiro atoms. The Balaban J connectivity index is 1.70. The first-order valence-electron chi connectivity index (χ1n) is 9.94. The lowest BCUT2D eigenvalue weighted by molar-refractivity contribution is -0.384. The number of furan rings is 1. The lowest BCUT2D eigenvalue weighted by atomic mass is 10.1. The van der Waals surface area contributed by atoms with Crippen LogP contribution < -0.4 is 4.90 Å². The maximum Gasteiger partial charge on any atom is 0.288 e. The number of nitro groups is 1. The van der Waals surface area contributed by atoms with Crippen LogP contribution in [-0.4, -0.2) is 33.6 Å². The molecular formula is C23H15ClN4O6. The molecule has 3 amide bonds. The third kappa shape index (κ3) is 4.24. The molecule has 1 aromatic heterocycles. The van der Waals surface area contributed by atoms with Gasteiger partial charge in [-0.05, 0) is 48.5 Å². The van der Waals surface area contributed by atoms with E-state index < -0.39 is 34.4 Å². The first kappa shape index (κ1) is 22.7. The number of hydrogen-bond donors (Lipinski definition) is 0. The number of carbonyl (C=O) groups excluding carboxylic acids is 3. The highest BCUT2D eigenvalue weighted by Gasteiger charge is 2.45. The second kappa shape index (κ2) is 9.17. The average Bonchev–Trinajstić information content (AvgIpc) is 3.44. The molecule has 0 aliphatic carbocycles. The molecule has 1 aliphatic heterocycles. The summed E-state index contributed by atoms with van der Waals surface area (Å²) in [5, 5.41) is 20.1. The fraction of sp³-hybridized carbons (Fsp3) is 0.130. The standard InChI is InChI=1S/C23H15ClN4O6/c24-18-8-5-15(10-19(18)28(32)33)22(30)26(13-17-2-1-9-34-17)20-11-21(29)27(23(20)31)16-6-3-14(12-25)4-7-16/h1-10,20H,11,13H2. The molecule has 3 aromatic rings. The van der Waals surface area contributed by atoms with Gasteiger partial charge in [-0.3, -0.25) is 24.5 Å². The van der Waals surface area contributed by atoms with E-state index in [1.807, 2.05) is 6.07 Å². The first-order chi connectivity index (χ1) is 16.3. The van der Waals surface area contributed by atoms with Gasteiger partial charge >= 0.3 is 0 Å². The minimum atomic E-state index is -1.17. The summed E-state index contributed by atoms with van der Waals surface area (Å²) in [6.45, 7) is -0.146. The second-order valence-corrected chi connectivity index (χ2v) is 7.79. The third-order valence-electron chi connectivity index (χ3n) is 5.31. The number of imide groups is 1. The number of nitro benzene ring substituents is 1. The number of anilines is 1. The van der Waals surface area contributed by atoms with Crippen molar-refractivity contribution in [2.75, 3.05) is 4.90 Å². The molecular weight excluding hydrogens is 464 g/mol. The van der Waals surface area contributed by atoms with Crippen molar-refractivity contribution in [2.45, 2.75) is 19.0 Å². The Morgan fingerprint density at radius 1 is 1.24 bits per heavy atom. The number of nitrogens with zero attached hydrogens (tertiary/aromatic N) is 4. The molecule has 0 N–H and O–H groups in total. The van der Waals surface area contributed by atoms with Gasteiger partial charge in [-0.25, -0.2) is 4.90 Å². The molecule has 0 bridgehead atoms. The van der Waals surface area contributed by atoms with E-state index in [1.165, 1.54) is 42.7 Å². The fourth-order valence-electron chi connectivity index (χ4n) is 3.66. The fourth-order valence-corrected chi connectivity index (χ4v) is 3.85. The lowest BCUT2D eigenvalue weighted by Crippen LogP contribution is -2.45. The Morgan fingerprint density at radius 3 is 2.59 bits per heavy atom. The van der Waals surface area contributed by atoms with Crippen LogP contribution in [0.3, 0.4) is 0 Å². The van der Waals surface area contributed by atoms with E-state index in [9.17, 15) is 24.5 Å². The molecule has 4 rings (SSSR count). The summed E-state index contributed by atoms with van der Waals surface area (Å²) < 4.78 is 5.33. The topological polar surface area (TPSA) is 138 Å². The van der Waals surface area contributed by atoms with Crippen molar-refractivity contribution in [3.8, 4) is 6.07 Å². The number of nitriles is 1. The smallest absolute Gasteiger partial charge is 0.288 e. The van der Waals surface area contributed by atoms with Crippen LogP contribution >= 0.6 is 11.6 Å². The zero-order valence-electron chi connectivity index (χ0n) is 17.4. The maximum atomic E-state index is 13.4. The summed E-state index contributed by atoms with van der Waals surface area (Å²) in [5.74, 6) is -1.52. The molecule has 2 heterocycles. The molecule has 0 saturated carbocycles.